The van der Waals surface area contributed by atoms with Crippen molar-refractivity contribution in [2.45, 2.75) is 65.3 Å². The van der Waals surface area contributed by atoms with Crippen molar-refractivity contribution < 1.29 is 41.7 Å². The van der Waals surface area contributed by atoms with E-state index in [-0.39, 0.29) is 35.1 Å². The summed E-state index contributed by atoms with van der Waals surface area (Å²) in [6.45, 7) is 3.83. The molecule has 2 aliphatic rings. The summed E-state index contributed by atoms with van der Waals surface area (Å²) >= 11 is 0. The molecule has 1 unspecified atom stereocenters. The van der Waals surface area contributed by atoms with Gasteiger partial charge in [-0.1, -0.05) is 24.3 Å². The fraction of sp³-hybridized carbons (Fsp3) is 0.357. The van der Waals surface area contributed by atoms with Gasteiger partial charge in [0.2, 0.25) is 5.89 Å². The smallest absolute Gasteiger partial charge is 0.387 e. The maximum Gasteiger partial charge on any atom is 0.387 e. The number of alkyl halides is 4. The van der Waals surface area contributed by atoms with Gasteiger partial charge in [-0.3, -0.25) is 19.6 Å². The second-order valence-corrected chi connectivity index (χ2v) is 14.9. The van der Waals surface area contributed by atoms with Crippen LogP contribution in [0.15, 0.2) is 65.2 Å². The third-order valence-electron chi connectivity index (χ3n) is 11.0. The number of carboxylic acids is 1. The lowest BCUT2D eigenvalue weighted by atomic mass is 9.93. The molecule has 0 spiro atoms. The summed E-state index contributed by atoms with van der Waals surface area (Å²) in [5.74, 6) is -1.50. The first-order valence-electron chi connectivity index (χ1n) is 19.1. The van der Waals surface area contributed by atoms with Crippen LogP contribution in [0, 0.1) is 19.8 Å². The molecule has 302 valence electrons. The van der Waals surface area contributed by atoms with E-state index in [2.05, 4.69) is 25.2 Å². The van der Waals surface area contributed by atoms with Crippen molar-refractivity contribution in [3.05, 3.63) is 88.9 Å². The van der Waals surface area contributed by atoms with Gasteiger partial charge in [-0.05, 0) is 98.3 Å². The number of halogens is 4. The van der Waals surface area contributed by atoms with E-state index in [9.17, 15) is 32.6 Å². The number of aromatic nitrogens is 4. The van der Waals surface area contributed by atoms with E-state index in [4.69, 9.17) is 14.1 Å². The minimum atomic E-state index is -3.06. The topological polar surface area (TPSA) is 150 Å². The van der Waals surface area contributed by atoms with Gasteiger partial charge in [-0.2, -0.15) is 8.78 Å². The third-order valence-corrected chi connectivity index (χ3v) is 11.0. The Hall–Kier alpha value is -5.71. The van der Waals surface area contributed by atoms with Gasteiger partial charge in [0.05, 0.1) is 17.5 Å². The number of carboxylic acid groups (broad SMARTS) is 1. The number of nitrogens with one attached hydrogen (secondary N) is 1. The lowest BCUT2D eigenvalue weighted by Gasteiger charge is -2.30. The molecule has 3 aromatic heterocycles. The molecule has 0 bridgehead atoms. The Morgan fingerprint density at radius 1 is 0.897 bits per heavy atom. The molecular weight excluding hydrogens is 758 g/mol. The minimum absolute atomic E-state index is 0.0356. The van der Waals surface area contributed by atoms with E-state index in [0.29, 0.717) is 73.3 Å². The van der Waals surface area contributed by atoms with Gasteiger partial charge < -0.3 is 24.7 Å². The molecule has 2 fully saturated rings. The van der Waals surface area contributed by atoms with E-state index in [1.54, 1.807) is 18.3 Å². The van der Waals surface area contributed by atoms with Crippen molar-refractivity contribution in [1.29, 1.82) is 0 Å². The second kappa shape index (κ2) is 16.3. The fourth-order valence-electron chi connectivity index (χ4n) is 7.94. The van der Waals surface area contributed by atoms with Crippen LogP contribution >= 0.6 is 0 Å². The third kappa shape index (κ3) is 8.17. The van der Waals surface area contributed by atoms with Crippen molar-refractivity contribution in [1.82, 2.24) is 29.7 Å². The number of hydrogen-bond donors (Lipinski definition) is 3. The van der Waals surface area contributed by atoms with Gasteiger partial charge in [0.15, 0.2) is 17.2 Å². The van der Waals surface area contributed by atoms with Crippen molar-refractivity contribution >= 4 is 39.6 Å². The van der Waals surface area contributed by atoms with Crippen LogP contribution in [-0.2, 0) is 17.9 Å². The standard InChI is InChI=1S/C42H41F4N7O5/c1-22-28(5-3-7-30(22)40-50-32-16-26(34(58-42(45)46)17-35(32)57-40)20-52-12-9-25(10-13-52)41(55)56)29-6-4-8-31(23(29)2)48-38-36-33(49-39(51-38)37(43)44)15-24(18-47-36)19-53-14-11-27(54)21-53/h3-8,15-18,25,27,37,42,54H,9-14,19-21H2,1-2H3,(H,55,56)(H,48,49,51). The Kier molecular flexibility index (Phi) is 11.0. The highest BCUT2D eigenvalue weighted by atomic mass is 19.3. The van der Waals surface area contributed by atoms with Gasteiger partial charge in [0.1, 0.15) is 16.8 Å². The van der Waals surface area contributed by atoms with Gasteiger partial charge in [0.25, 0.3) is 6.43 Å². The first-order chi connectivity index (χ1) is 27.9. The number of piperidine rings is 1. The number of aliphatic hydroxyl groups is 1. The number of hydrogen-bond acceptors (Lipinski definition) is 11. The summed E-state index contributed by atoms with van der Waals surface area (Å²) in [5.41, 5.74) is 7.23. The van der Waals surface area contributed by atoms with Crippen LogP contribution in [0.5, 0.6) is 5.75 Å². The zero-order valence-corrected chi connectivity index (χ0v) is 31.8. The fourth-order valence-corrected chi connectivity index (χ4v) is 7.94. The average molecular weight is 800 g/mol. The summed E-state index contributed by atoms with van der Waals surface area (Å²) in [6.07, 6.45) is -0.0225. The molecule has 8 rings (SSSR count). The van der Waals surface area contributed by atoms with E-state index in [1.165, 1.54) is 6.07 Å². The summed E-state index contributed by atoms with van der Waals surface area (Å²) < 4.78 is 66.3. The number of anilines is 2. The molecule has 2 aliphatic heterocycles. The highest BCUT2D eigenvalue weighted by Gasteiger charge is 2.27. The molecule has 0 amide bonds. The summed E-state index contributed by atoms with van der Waals surface area (Å²) in [4.78, 5) is 33.2. The SMILES string of the molecule is Cc1c(Nc2nc(C(F)F)nc3cc(CN4CCC(O)C4)cnc23)cccc1-c1cccc(-c2nc3cc(CN4CCC(C(=O)O)CC4)c(OC(F)F)cc3o2)c1C. The highest BCUT2D eigenvalue weighted by Crippen LogP contribution is 2.39. The molecule has 3 aromatic carbocycles. The predicted molar refractivity (Wildman–Crippen MR) is 208 cm³/mol. The summed E-state index contributed by atoms with van der Waals surface area (Å²) in [6, 6.07) is 16.1. The lowest BCUT2D eigenvalue weighted by molar-refractivity contribution is -0.143. The quantitative estimate of drug-likeness (QED) is 0.102. The zero-order chi connectivity index (χ0) is 40.7. The number of aliphatic carboxylic acids is 1. The predicted octanol–water partition coefficient (Wildman–Crippen LogP) is 8.26. The molecule has 0 radical (unpaired) electrons. The Bertz CT molecular complexity index is 2490. The molecule has 5 heterocycles. The number of pyridine rings is 1. The van der Waals surface area contributed by atoms with Crippen LogP contribution in [0.2, 0.25) is 0 Å². The molecule has 0 aliphatic carbocycles. The van der Waals surface area contributed by atoms with E-state index in [1.807, 2.05) is 55.1 Å². The number of aliphatic hydroxyl groups excluding tert-OH is 1. The molecule has 58 heavy (non-hydrogen) atoms. The molecule has 3 N–H and O–H groups in total. The maximum atomic E-state index is 14.1. The number of carbonyl (C=O) groups is 1. The molecule has 12 nitrogen and oxygen atoms in total. The number of likely N-dealkylation sites (tertiary alicyclic amines) is 2. The zero-order valence-electron chi connectivity index (χ0n) is 31.8. The Labute approximate surface area is 330 Å². The Morgan fingerprint density at radius 3 is 2.33 bits per heavy atom. The van der Waals surface area contributed by atoms with E-state index < -0.39 is 36.9 Å². The van der Waals surface area contributed by atoms with Crippen molar-refractivity contribution in [3.8, 4) is 28.3 Å². The number of β-amino-alcohol motifs (C(OH)–C–C–N with tert-alkyl or cyclic N) is 1. The monoisotopic (exact) mass is 799 g/mol. The van der Waals surface area contributed by atoms with E-state index in [0.717, 1.165) is 34.4 Å². The number of oxazole rings is 1. The van der Waals surface area contributed by atoms with Crippen LogP contribution in [0.3, 0.4) is 0 Å². The second-order valence-electron chi connectivity index (χ2n) is 14.9. The lowest BCUT2D eigenvalue weighted by Crippen LogP contribution is -2.35. The van der Waals surface area contributed by atoms with Gasteiger partial charge in [-0.25, -0.2) is 23.7 Å². The number of rotatable bonds is 12. The van der Waals surface area contributed by atoms with Crippen LogP contribution in [-0.4, -0.2) is 84.8 Å². The molecule has 0 saturated carbocycles. The molecular formula is C42H41F4N7O5. The number of ether oxygens (including phenoxy) is 1. The number of benzene rings is 3. The number of fused-ring (bicyclic) bond motifs is 2. The van der Waals surface area contributed by atoms with Crippen LogP contribution in [0.1, 0.15) is 53.8 Å². The van der Waals surface area contributed by atoms with Gasteiger partial charge in [-0.15, -0.1) is 0 Å². The molecule has 16 heteroatoms. The van der Waals surface area contributed by atoms with Crippen molar-refractivity contribution in [3.63, 3.8) is 0 Å². The maximum absolute atomic E-state index is 14.1. The van der Waals surface area contributed by atoms with Crippen molar-refractivity contribution in [2.75, 3.05) is 31.5 Å². The molecule has 2 saturated heterocycles. The largest absolute Gasteiger partial charge is 0.481 e. The number of nitrogens with zero attached hydrogens (tertiary/aromatic N) is 6. The summed E-state index contributed by atoms with van der Waals surface area (Å²) in [7, 11) is 0. The Balaban J connectivity index is 1.09. The van der Waals surface area contributed by atoms with Crippen molar-refractivity contribution in [2.24, 2.45) is 5.92 Å². The minimum Gasteiger partial charge on any atom is -0.481 e. The van der Waals surface area contributed by atoms with E-state index >= 15 is 0 Å². The molecule has 1 atom stereocenters. The summed E-state index contributed by atoms with van der Waals surface area (Å²) in [5, 5.41) is 22.6. The van der Waals surface area contributed by atoms with Crippen LogP contribution in [0.4, 0.5) is 29.1 Å². The first kappa shape index (κ1) is 39.1. The normalized spacial score (nSPS) is 16.9. The highest BCUT2D eigenvalue weighted by molar-refractivity contribution is 5.89. The van der Waals surface area contributed by atoms with Crippen LogP contribution < -0.4 is 10.1 Å². The van der Waals surface area contributed by atoms with Gasteiger partial charge >= 0.3 is 12.6 Å². The van der Waals surface area contributed by atoms with Gasteiger partial charge in [0, 0.05) is 55.3 Å². The Morgan fingerprint density at radius 2 is 1.62 bits per heavy atom. The average Bonchev–Trinajstić information content (AvgIpc) is 3.80. The molecule has 6 aromatic rings. The first-order valence-corrected chi connectivity index (χ1v) is 19.1. The van der Waals surface area contributed by atoms with Crippen LogP contribution in [0.25, 0.3) is 44.7 Å².